The lowest BCUT2D eigenvalue weighted by Gasteiger charge is -2.41. The quantitative estimate of drug-likeness (QED) is 0.472. The number of hydrogen-bond acceptors (Lipinski definition) is 5. The van der Waals surface area contributed by atoms with E-state index in [9.17, 15) is 19.5 Å². The molecule has 2 aromatic carbocycles. The Kier molecular flexibility index (Phi) is 7.79. The number of rotatable bonds is 7. The van der Waals surface area contributed by atoms with Gasteiger partial charge in [0.1, 0.15) is 11.6 Å². The van der Waals surface area contributed by atoms with Crippen molar-refractivity contribution in [2.75, 3.05) is 29.5 Å². The first-order valence-corrected chi connectivity index (χ1v) is 15.8. The van der Waals surface area contributed by atoms with Gasteiger partial charge in [-0.2, -0.15) is 0 Å². The summed E-state index contributed by atoms with van der Waals surface area (Å²) < 4.78 is 7.13. The molecular formula is C36H43N3O5. The molecule has 0 bridgehead atoms. The molecule has 232 valence electrons. The number of benzene rings is 2. The predicted molar refractivity (Wildman–Crippen MR) is 170 cm³/mol. The van der Waals surface area contributed by atoms with E-state index in [1.165, 1.54) is 0 Å². The van der Waals surface area contributed by atoms with Crippen molar-refractivity contribution in [2.45, 2.75) is 70.7 Å². The SMILES string of the molecule is CC[C@@]12C=CCN(c3ccccc3)C(=O)[C@@H]1[C@H]1C(=O)N([C@@H](CO)CC(C)C)C3C(=O)N(c4cc(C)ccc4C)CC=C[C@@]31O2. The standard InChI is InChI=1S/C36H43N3O5/c1-6-35-16-10-18-37(26-12-8-7-9-13-26)32(41)29(35)30-33(42)39(27(22-40)20-23(2)3)31-34(43)38(19-11-17-36(30,31)44-35)28-21-24(4)14-15-25(28)5/h7-17,21,23,27,29-31,40H,6,18-20,22H2,1-5H3/t27-,29+,30+,31?,35-,36+/m1/s1. The maximum Gasteiger partial charge on any atom is 0.253 e. The van der Waals surface area contributed by atoms with Gasteiger partial charge in [0.15, 0.2) is 0 Å². The van der Waals surface area contributed by atoms with Crippen LogP contribution < -0.4 is 9.80 Å². The number of likely N-dealkylation sites (tertiary alicyclic amines) is 1. The lowest BCUT2D eigenvalue weighted by molar-refractivity contribution is -0.149. The van der Waals surface area contributed by atoms with Crippen LogP contribution in [0.2, 0.25) is 0 Å². The molecule has 1 spiro atoms. The Hall–Kier alpha value is -3.75. The molecule has 8 heteroatoms. The molecule has 4 heterocycles. The van der Waals surface area contributed by atoms with Gasteiger partial charge in [-0.25, -0.2) is 0 Å². The first-order chi connectivity index (χ1) is 21.1. The molecule has 4 aliphatic rings. The van der Waals surface area contributed by atoms with E-state index in [-0.39, 0.29) is 30.2 Å². The normalized spacial score (nSPS) is 30.4. The van der Waals surface area contributed by atoms with Crippen molar-refractivity contribution in [3.8, 4) is 0 Å². The van der Waals surface area contributed by atoms with Crippen LogP contribution in [0.15, 0.2) is 72.8 Å². The monoisotopic (exact) mass is 597 g/mol. The fourth-order valence-electron chi connectivity index (χ4n) is 7.98. The Labute approximate surface area is 260 Å². The summed E-state index contributed by atoms with van der Waals surface area (Å²) in [6.07, 6.45) is 8.66. The Morgan fingerprint density at radius 3 is 2.30 bits per heavy atom. The third-order valence-electron chi connectivity index (χ3n) is 9.95. The smallest absolute Gasteiger partial charge is 0.253 e. The van der Waals surface area contributed by atoms with Crippen molar-refractivity contribution >= 4 is 29.1 Å². The summed E-state index contributed by atoms with van der Waals surface area (Å²) in [5.41, 5.74) is 1.03. The van der Waals surface area contributed by atoms with Crippen molar-refractivity contribution < 1.29 is 24.2 Å². The molecule has 0 aliphatic carbocycles. The second-order valence-electron chi connectivity index (χ2n) is 13.2. The third-order valence-corrected chi connectivity index (χ3v) is 9.95. The molecule has 0 aromatic heterocycles. The number of hydrogen-bond donors (Lipinski definition) is 1. The van der Waals surface area contributed by atoms with Crippen LogP contribution in [0, 0.1) is 31.6 Å². The number of para-hydroxylation sites is 1. The third kappa shape index (κ3) is 4.53. The van der Waals surface area contributed by atoms with Crippen LogP contribution in [0.3, 0.4) is 0 Å². The number of aliphatic hydroxyl groups excluding tert-OH is 1. The number of aliphatic hydroxyl groups is 1. The minimum atomic E-state index is -1.38. The van der Waals surface area contributed by atoms with Crippen LogP contribution in [0.4, 0.5) is 11.4 Å². The van der Waals surface area contributed by atoms with Crippen molar-refractivity contribution in [3.05, 3.63) is 84.0 Å². The zero-order valence-electron chi connectivity index (χ0n) is 26.3. The average Bonchev–Trinajstić information content (AvgIpc) is 3.30. The van der Waals surface area contributed by atoms with Crippen LogP contribution in [0.25, 0.3) is 0 Å². The van der Waals surface area contributed by atoms with E-state index in [4.69, 9.17) is 4.74 Å². The van der Waals surface area contributed by atoms with Crippen molar-refractivity contribution in [1.29, 1.82) is 0 Å². The number of carbonyl (C=O) groups is 3. The van der Waals surface area contributed by atoms with Gasteiger partial charge in [-0.1, -0.05) is 75.4 Å². The summed E-state index contributed by atoms with van der Waals surface area (Å²) in [6, 6.07) is 13.8. The highest BCUT2D eigenvalue weighted by molar-refractivity contribution is 6.08. The van der Waals surface area contributed by atoms with Crippen LogP contribution in [-0.4, -0.2) is 70.7 Å². The molecule has 1 unspecified atom stereocenters. The molecule has 4 aliphatic heterocycles. The molecule has 44 heavy (non-hydrogen) atoms. The Morgan fingerprint density at radius 1 is 0.909 bits per heavy atom. The first kappa shape index (κ1) is 30.3. The summed E-state index contributed by atoms with van der Waals surface area (Å²) in [5, 5.41) is 10.7. The van der Waals surface area contributed by atoms with Crippen LogP contribution in [0.5, 0.6) is 0 Å². The summed E-state index contributed by atoms with van der Waals surface area (Å²) in [4.78, 5) is 49.5. The van der Waals surface area contributed by atoms with Crippen molar-refractivity contribution in [3.63, 3.8) is 0 Å². The maximum absolute atomic E-state index is 14.9. The molecule has 1 N–H and O–H groups in total. The molecule has 3 amide bonds. The number of amides is 3. The van der Waals surface area contributed by atoms with E-state index in [1.54, 1.807) is 14.7 Å². The molecule has 8 nitrogen and oxygen atoms in total. The van der Waals surface area contributed by atoms with E-state index < -0.39 is 35.1 Å². The number of anilines is 2. The summed E-state index contributed by atoms with van der Waals surface area (Å²) in [5.74, 6) is -2.40. The van der Waals surface area contributed by atoms with Gasteiger partial charge in [-0.3, -0.25) is 14.4 Å². The topological polar surface area (TPSA) is 90.4 Å². The van der Waals surface area contributed by atoms with E-state index in [1.807, 2.05) is 107 Å². The van der Waals surface area contributed by atoms with E-state index in [0.717, 1.165) is 22.5 Å². The summed E-state index contributed by atoms with van der Waals surface area (Å²) >= 11 is 0. The fraction of sp³-hybridized carbons (Fsp3) is 0.472. The average molecular weight is 598 g/mol. The van der Waals surface area contributed by atoms with Gasteiger partial charge in [0.05, 0.1) is 30.1 Å². The van der Waals surface area contributed by atoms with Gasteiger partial charge in [-0.05, 0) is 61.9 Å². The number of ether oxygens (including phenoxy) is 1. The Balaban J connectivity index is 1.53. The molecule has 2 aromatic rings. The second kappa shape index (κ2) is 11.3. The number of fused-ring (bicyclic) bond motifs is 2. The maximum atomic E-state index is 14.9. The summed E-state index contributed by atoms with van der Waals surface area (Å²) in [7, 11) is 0. The minimum Gasteiger partial charge on any atom is -0.394 e. The molecule has 2 fully saturated rings. The van der Waals surface area contributed by atoms with Crippen molar-refractivity contribution in [2.24, 2.45) is 17.8 Å². The predicted octanol–water partition coefficient (Wildman–Crippen LogP) is 4.58. The molecule has 6 rings (SSSR count). The zero-order chi connectivity index (χ0) is 31.4. The lowest BCUT2D eigenvalue weighted by Crippen LogP contribution is -2.59. The highest BCUT2D eigenvalue weighted by Crippen LogP contribution is 2.59. The first-order valence-electron chi connectivity index (χ1n) is 15.8. The minimum absolute atomic E-state index is 0.162. The molecule has 6 atom stereocenters. The number of nitrogens with zero attached hydrogens (tertiary/aromatic N) is 3. The molecule has 0 radical (unpaired) electrons. The highest BCUT2D eigenvalue weighted by atomic mass is 16.5. The van der Waals surface area contributed by atoms with E-state index in [0.29, 0.717) is 25.9 Å². The van der Waals surface area contributed by atoms with Gasteiger partial charge in [0, 0.05) is 24.5 Å². The fourth-order valence-corrected chi connectivity index (χ4v) is 7.98. The molecular weight excluding hydrogens is 554 g/mol. The Bertz CT molecular complexity index is 1520. The number of carbonyl (C=O) groups excluding carboxylic acids is 3. The lowest BCUT2D eigenvalue weighted by atomic mass is 9.73. The molecule has 2 saturated heterocycles. The van der Waals surface area contributed by atoms with E-state index in [2.05, 4.69) is 0 Å². The van der Waals surface area contributed by atoms with Crippen LogP contribution in [0.1, 0.15) is 44.7 Å². The van der Waals surface area contributed by atoms with Gasteiger partial charge in [-0.15, -0.1) is 0 Å². The van der Waals surface area contributed by atoms with Gasteiger partial charge in [0.2, 0.25) is 11.8 Å². The van der Waals surface area contributed by atoms with Gasteiger partial charge < -0.3 is 24.5 Å². The van der Waals surface area contributed by atoms with Gasteiger partial charge >= 0.3 is 0 Å². The van der Waals surface area contributed by atoms with E-state index >= 15 is 0 Å². The van der Waals surface area contributed by atoms with Crippen LogP contribution >= 0.6 is 0 Å². The summed E-state index contributed by atoms with van der Waals surface area (Å²) in [6.45, 7) is 10.4. The number of aryl methyl sites for hydroxylation is 2. The second-order valence-corrected chi connectivity index (χ2v) is 13.2. The highest BCUT2D eigenvalue weighted by Gasteiger charge is 2.76. The van der Waals surface area contributed by atoms with Crippen molar-refractivity contribution in [1.82, 2.24) is 4.90 Å². The molecule has 0 saturated carbocycles. The van der Waals surface area contributed by atoms with Crippen LogP contribution in [-0.2, 0) is 19.1 Å². The largest absolute Gasteiger partial charge is 0.394 e. The van der Waals surface area contributed by atoms with Gasteiger partial charge in [0.25, 0.3) is 5.91 Å². The zero-order valence-corrected chi connectivity index (χ0v) is 26.3. The Morgan fingerprint density at radius 2 is 1.61 bits per heavy atom.